The Labute approximate surface area is 95.4 Å². The number of benzene rings is 1. The van der Waals surface area contributed by atoms with Crippen molar-refractivity contribution in [2.24, 2.45) is 0 Å². The molecule has 0 saturated carbocycles. The van der Waals surface area contributed by atoms with Crippen LogP contribution in [0.3, 0.4) is 0 Å². The van der Waals surface area contributed by atoms with Crippen molar-refractivity contribution in [3.05, 3.63) is 36.8 Å². The number of phenols is 1. The third-order valence-electron chi connectivity index (χ3n) is 2.54. The van der Waals surface area contributed by atoms with Crippen molar-refractivity contribution in [2.45, 2.75) is 26.3 Å². The van der Waals surface area contributed by atoms with Crippen LogP contribution in [-0.2, 0) is 5.54 Å². The average Bonchev–Trinajstić information content (AvgIpc) is 2.66. The Kier molecular flexibility index (Phi) is 2.46. The maximum Gasteiger partial charge on any atom is 0.124 e. The van der Waals surface area contributed by atoms with E-state index in [1.165, 1.54) is 0 Å². The van der Waals surface area contributed by atoms with Gasteiger partial charge in [0.1, 0.15) is 5.75 Å². The topological polar surface area (TPSA) is 38.0 Å². The van der Waals surface area contributed by atoms with Crippen LogP contribution >= 0.6 is 0 Å². The van der Waals surface area contributed by atoms with Crippen molar-refractivity contribution in [3.8, 4) is 17.0 Å². The number of rotatable bonds is 1. The molecule has 0 radical (unpaired) electrons. The molecule has 0 fully saturated rings. The molecule has 3 nitrogen and oxygen atoms in total. The van der Waals surface area contributed by atoms with Crippen molar-refractivity contribution < 1.29 is 5.11 Å². The second-order valence-electron chi connectivity index (χ2n) is 4.84. The van der Waals surface area contributed by atoms with Gasteiger partial charge in [0, 0.05) is 11.1 Å². The summed E-state index contributed by atoms with van der Waals surface area (Å²) >= 11 is 0. The third kappa shape index (κ3) is 1.81. The summed E-state index contributed by atoms with van der Waals surface area (Å²) in [6.45, 7) is 6.33. The fourth-order valence-electron chi connectivity index (χ4n) is 1.72. The smallest absolute Gasteiger partial charge is 0.124 e. The van der Waals surface area contributed by atoms with E-state index in [2.05, 4.69) is 30.3 Å². The lowest BCUT2D eigenvalue weighted by Crippen LogP contribution is -2.21. The molecule has 0 amide bonds. The van der Waals surface area contributed by atoms with Crippen molar-refractivity contribution in [2.75, 3.05) is 0 Å². The van der Waals surface area contributed by atoms with Gasteiger partial charge < -0.3 is 9.67 Å². The number of imidazole rings is 1. The van der Waals surface area contributed by atoms with E-state index in [1.807, 2.05) is 18.2 Å². The zero-order chi connectivity index (χ0) is 11.8. The van der Waals surface area contributed by atoms with E-state index < -0.39 is 0 Å². The van der Waals surface area contributed by atoms with Crippen LogP contribution in [0.2, 0.25) is 0 Å². The lowest BCUT2D eigenvalue weighted by Gasteiger charge is -2.23. The molecule has 0 aliphatic rings. The van der Waals surface area contributed by atoms with Crippen molar-refractivity contribution >= 4 is 0 Å². The first kappa shape index (κ1) is 10.7. The van der Waals surface area contributed by atoms with Crippen LogP contribution in [0.25, 0.3) is 11.3 Å². The Hall–Kier alpha value is -1.77. The predicted molar refractivity (Wildman–Crippen MR) is 64.3 cm³/mol. The predicted octanol–water partition coefficient (Wildman–Crippen LogP) is 3.01. The molecule has 0 unspecified atom stereocenters. The van der Waals surface area contributed by atoms with Gasteiger partial charge in [0.15, 0.2) is 0 Å². The second kappa shape index (κ2) is 3.67. The minimum Gasteiger partial charge on any atom is -0.507 e. The van der Waals surface area contributed by atoms with Crippen LogP contribution < -0.4 is 0 Å². The molecule has 3 heteroatoms. The van der Waals surface area contributed by atoms with Crippen LogP contribution in [0.15, 0.2) is 36.8 Å². The van der Waals surface area contributed by atoms with Crippen molar-refractivity contribution in [1.82, 2.24) is 9.55 Å². The molecule has 0 bridgehead atoms. The molecule has 2 aromatic rings. The number of nitrogens with zero attached hydrogens (tertiary/aromatic N) is 2. The second-order valence-corrected chi connectivity index (χ2v) is 4.84. The standard InChI is InChI=1S/C13H16N2O/c1-13(2,3)15-9-14-8-11(15)10-6-4-5-7-12(10)16/h4-9,16H,1-3H3. The lowest BCUT2D eigenvalue weighted by atomic mass is 10.1. The highest BCUT2D eigenvalue weighted by atomic mass is 16.3. The van der Waals surface area contributed by atoms with Crippen LogP contribution in [-0.4, -0.2) is 14.7 Å². The first-order valence-electron chi connectivity index (χ1n) is 5.31. The summed E-state index contributed by atoms with van der Waals surface area (Å²) in [6, 6.07) is 7.32. The number of phenolic OH excluding ortho intramolecular Hbond substituents is 1. The van der Waals surface area contributed by atoms with E-state index in [0.29, 0.717) is 0 Å². The first-order chi connectivity index (χ1) is 7.50. The quantitative estimate of drug-likeness (QED) is 0.795. The third-order valence-corrected chi connectivity index (χ3v) is 2.54. The largest absolute Gasteiger partial charge is 0.507 e. The zero-order valence-electron chi connectivity index (χ0n) is 9.81. The zero-order valence-corrected chi connectivity index (χ0v) is 9.81. The van der Waals surface area contributed by atoms with E-state index in [9.17, 15) is 5.11 Å². The normalized spacial score (nSPS) is 11.7. The molecule has 16 heavy (non-hydrogen) atoms. The highest BCUT2D eigenvalue weighted by Gasteiger charge is 2.18. The molecule has 2 rings (SSSR count). The van der Waals surface area contributed by atoms with E-state index in [0.717, 1.165) is 11.3 Å². The van der Waals surface area contributed by atoms with Gasteiger partial charge in [-0.25, -0.2) is 4.98 Å². The van der Waals surface area contributed by atoms with E-state index in [-0.39, 0.29) is 11.3 Å². The Balaban J connectivity index is 2.58. The fraction of sp³-hybridized carbons (Fsp3) is 0.308. The molecule has 0 spiro atoms. The Bertz CT molecular complexity index is 495. The molecule has 1 N–H and O–H groups in total. The van der Waals surface area contributed by atoms with E-state index >= 15 is 0 Å². The van der Waals surface area contributed by atoms with E-state index in [4.69, 9.17) is 0 Å². The summed E-state index contributed by atoms with van der Waals surface area (Å²) in [6.07, 6.45) is 3.57. The number of hydrogen-bond acceptors (Lipinski definition) is 2. The maximum atomic E-state index is 9.83. The van der Waals surface area contributed by atoms with Crippen LogP contribution in [0.5, 0.6) is 5.75 Å². The van der Waals surface area contributed by atoms with Gasteiger partial charge in [-0.3, -0.25) is 0 Å². The van der Waals surface area contributed by atoms with E-state index in [1.54, 1.807) is 18.6 Å². The number of aromatic hydroxyl groups is 1. The molecule has 0 saturated heterocycles. The number of hydrogen-bond donors (Lipinski definition) is 1. The minimum absolute atomic E-state index is 0.0475. The minimum atomic E-state index is -0.0475. The highest BCUT2D eigenvalue weighted by molar-refractivity contribution is 5.66. The summed E-state index contributed by atoms with van der Waals surface area (Å²) < 4.78 is 2.06. The SMILES string of the molecule is CC(C)(C)n1cncc1-c1ccccc1O. The molecule has 1 heterocycles. The highest BCUT2D eigenvalue weighted by Crippen LogP contribution is 2.31. The molecule has 84 valence electrons. The fourth-order valence-corrected chi connectivity index (χ4v) is 1.72. The van der Waals surface area contributed by atoms with Gasteiger partial charge in [0.2, 0.25) is 0 Å². The summed E-state index contributed by atoms with van der Waals surface area (Å²) in [5, 5.41) is 9.83. The molecular weight excluding hydrogens is 200 g/mol. The molecule has 0 aliphatic heterocycles. The summed E-state index contributed by atoms with van der Waals surface area (Å²) in [5.74, 6) is 0.286. The van der Waals surface area contributed by atoms with Gasteiger partial charge in [-0.2, -0.15) is 0 Å². The first-order valence-corrected chi connectivity index (χ1v) is 5.31. The van der Waals surface area contributed by atoms with Crippen LogP contribution in [0, 0.1) is 0 Å². The molecule has 0 atom stereocenters. The molecule has 0 aliphatic carbocycles. The van der Waals surface area contributed by atoms with Gasteiger partial charge >= 0.3 is 0 Å². The number of aromatic nitrogens is 2. The Morgan fingerprint density at radius 3 is 2.50 bits per heavy atom. The summed E-state index contributed by atoms with van der Waals surface area (Å²) in [4.78, 5) is 4.16. The Morgan fingerprint density at radius 1 is 1.19 bits per heavy atom. The molecular formula is C13H16N2O. The van der Waals surface area contributed by atoms with Gasteiger partial charge in [-0.05, 0) is 32.9 Å². The maximum absolute atomic E-state index is 9.83. The molecule has 1 aromatic heterocycles. The molecule has 1 aromatic carbocycles. The Morgan fingerprint density at radius 2 is 1.88 bits per heavy atom. The van der Waals surface area contributed by atoms with Gasteiger partial charge in [0.25, 0.3) is 0 Å². The summed E-state index contributed by atoms with van der Waals surface area (Å²) in [5.41, 5.74) is 1.70. The van der Waals surface area contributed by atoms with Gasteiger partial charge in [-0.1, -0.05) is 12.1 Å². The lowest BCUT2D eigenvalue weighted by molar-refractivity contribution is 0.399. The van der Waals surface area contributed by atoms with Crippen LogP contribution in [0.4, 0.5) is 0 Å². The monoisotopic (exact) mass is 216 g/mol. The number of para-hydroxylation sites is 1. The van der Waals surface area contributed by atoms with Gasteiger partial charge in [0.05, 0.1) is 18.2 Å². The summed E-state index contributed by atoms with van der Waals surface area (Å²) in [7, 11) is 0. The average molecular weight is 216 g/mol. The van der Waals surface area contributed by atoms with Crippen molar-refractivity contribution in [1.29, 1.82) is 0 Å². The van der Waals surface area contributed by atoms with Gasteiger partial charge in [-0.15, -0.1) is 0 Å². The van der Waals surface area contributed by atoms with Crippen molar-refractivity contribution in [3.63, 3.8) is 0 Å². The van der Waals surface area contributed by atoms with Crippen LogP contribution in [0.1, 0.15) is 20.8 Å².